The summed E-state index contributed by atoms with van der Waals surface area (Å²) in [6, 6.07) is 0.656. The van der Waals surface area contributed by atoms with Crippen molar-refractivity contribution in [3.05, 3.63) is 45.2 Å². The van der Waals surface area contributed by atoms with E-state index in [1.807, 2.05) is 0 Å². The molecular weight excluding hydrogens is 286 g/mol. The minimum Gasteiger partial charge on any atom is -0.477 e. The third kappa shape index (κ3) is 1.65. The summed E-state index contributed by atoms with van der Waals surface area (Å²) in [5, 5.41) is 9.80. The van der Waals surface area contributed by atoms with Crippen molar-refractivity contribution < 1.29 is 23.5 Å². The van der Waals surface area contributed by atoms with Gasteiger partial charge in [0.15, 0.2) is 11.6 Å². The molecule has 0 radical (unpaired) electrons. The normalized spacial score (nSPS) is 13.9. The van der Waals surface area contributed by atoms with Crippen molar-refractivity contribution in [2.24, 2.45) is 0 Å². The molecule has 0 spiro atoms. The highest BCUT2D eigenvalue weighted by Gasteiger charge is 2.29. The standard InChI is InChI=1S/C13H8F2N2O4/c1-16-9(18)3-5-10(15)8(14)2-6-11(5)17(16)4-7(12(6)19)13(20)21/h2,4H,3H2,1H3,(H,20,21). The third-order valence-electron chi connectivity index (χ3n) is 3.50. The van der Waals surface area contributed by atoms with Gasteiger partial charge in [-0.25, -0.2) is 13.6 Å². The van der Waals surface area contributed by atoms with Gasteiger partial charge in [-0.15, -0.1) is 0 Å². The smallest absolute Gasteiger partial charge is 0.341 e. The molecule has 6 nitrogen and oxygen atoms in total. The number of carbonyl (C=O) groups excluding carboxylic acids is 1. The molecule has 1 aliphatic heterocycles. The van der Waals surface area contributed by atoms with E-state index in [9.17, 15) is 23.2 Å². The number of carboxylic acids is 1. The Bertz CT molecular complexity index is 888. The second-order valence-corrected chi connectivity index (χ2v) is 4.66. The molecule has 0 saturated carbocycles. The maximum Gasteiger partial charge on any atom is 0.341 e. The molecule has 3 rings (SSSR count). The average molecular weight is 294 g/mol. The Hall–Kier alpha value is -2.77. The van der Waals surface area contributed by atoms with Gasteiger partial charge in [0.1, 0.15) is 5.56 Å². The lowest BCUT2D eigenvalue weighted by atomic mass is 10.0. The molecule has 1 N–H and O–H groups in total. The van der Waals surface area contributed by atoms with Crippen molar-refractivity contribution in [3.63, 3.8) is 0 Å². The van der Waals surface area contributed by atoms with Crippen molar-refractivity contribution in [1.82, 2.24) is 4.68 Å². The van der Waals surface area contributed by atoms with Crippen LogP contribution in [-0.4, -0.2) is 28.7 Å². The van der Waals surface area contributed by atoms with Crippen LogP contribution in [0.4, 0.5) is 8.78 Å². The Morgan fingerprint density at radius 1 is 1.33 bits per heavy atom. The van der Waals surface area contributed by atoms with E-state index < -0.39 is 40.9 Å². The van der Waals surface area contributed by atoms with Gasteiger partial charge in [0.25, 0.3) is 0 Å². The lowest BCUT2D eigenvalue weighted by molar-refractivity contribution is -0.119. The summed E-state index contributed by atoms with van der Waals surface area (Å²) in [5.41, 5.74) is -1.79. The highest BCUT2D eigenvalue weighted by atomic mass is 19.2. The molecule has 0 unspecified atom stereocenters. The highest BCUT2D eigenvalue weighted by Crippen LogP contribution is 2.27. The Morgan fingerprint density at radius 3 is 2.62 bits per heavy atom. The number of hydrogen-bond acceptors (Lipinski definition) is 3. The largest absolute Gasteiger partial charge is 0.477 e. The van der Waals surface area contributed by atoms with Gasteiger partial charge in [-0.05, 0) is 6.07 Å². The lowest BCUT2D eigenvalue weighted by Gasteiger charge is -2.29. The molecular formula is C13H8F2N2O4. The van der Waals surface area contributed by atoms with E-state index in [0.717, 1.165) is 15.9 Å². The van der Waals surface area contributed by atoms with Gasteiger partial charge in [-0.3, -0.25) is 19.3 Å². The number of pyridine rings is 1. The predicted molar refractivity (Wildman–Crippen MR) is 67.9 cm³/mol. The number of aromatic nitrogens is 1. The average Bonchev–Trinajstić information content (AvgIpc) is 2.42. The van der Waals surface area contributed by atoms with E-state index in [4.69, 9.17) is 5.11 Å². The molecule has 108 valence electrons. The van der Waals surface area contributed by atoms with Crippen LogP contribution in [0.1, 0.15) is 15.9 Å². The molecule has 0 atom stereocenters. The van der Waals surface area contributed by atoms with Crippen LogP contribution in [0.15, 0.2) is 17.1 Å². The zero-order chi connectivity index (χ0) is 15.5. The molecule has 1 aliphatic rings. The Balaban J connectivity index is 2.59. The van der Waals surface area contributed by atoms with Crippen LogP contribution in [0, 0.1) is 11.6 Å². The molecule has 1 aromatic carbocycles. The molecule has 8 heteroatoms. The lowest BCUT2D eigenvalue weighted by Crippen LogP contribution is -2.43. The predicted octanol–water partition coefficient (Wildman–Crippen LogP) is 0.628. The van der Waals surface area contributed by atoms with Gasteiger partial charge in [0, 0.05) is 18.8 Å². The molecule has 2 aromatic rings. The summed E-state index contributed by atoms with van der Waals surface area (Å²) in [6.07, 6.45) is 0.535. The van der Waals surface area contributed by atoms with Gasteiger partial charge >= 0.3 is 5.97 Å². The summed E-state index contributed by atoms with van der Waals surface area (Å²) < 4.78 is 28.5. The number of hydrogen-bond donors (Lipinski definition) is 1. The van der Waals surface area contributed by atoms with E-state index in [-0.39, 0.29) is 16.5 Å². The zero-order valence-electron chi connectivity index (χ0n) is 10.7. The van der Waals surface area contributed by atoms with Crippen LogP contribution in [0.3, 0.4) is 0 Å². The van der Waals surface area contributed by atoms with E-state index >= 15 is 0 Å². The topological polar surface area (TPSA) is 79.6 Å². The third-order valence-corrected chi connectivity index (χ3v) is 3.50. The fourth-order valence-electron chi connectivity index (χ4n) is 2.43. The van der Waals surface area contributed by atoms with E-state index in [0.29, 0.717) is 6.07 Å². The summed E-state index contributed by atoms with van der Waals surface area (Å²) in [4.78, 5) is 35.0. The monoisotopic (exact) mass is 294 g/mol. The van der Waals surface area contributed by atoms with Crippen molar-refractivity contribution in [2.75, 3.05) is 12.1 Å². The first-order valence-electron chi connectivity index (χ1n) is 5.89. The molecule has 1 amide bonds. The summed E-state index contributed by atoms with van der Waals surface area (Å²) in [5.74, 6) is -4.56. The number of benzene rings is 1. The van der Waals surface area contributed by atoms with Crippen LogP contribution in [-0.2, 0) is 11.2 Å². The number of aromatic carboxylic acids is 1. The number of rotatable bonds is 1. The van der Waals surface area contributed by atoms with Crippen LogP contribution in [0.25, 0.3) is 10.9 Å². The number of carboxylic acid groups (broad SMARTS) is 1. The van der Waals surface area contributed by atoms with E-state index in [1.165, 1.54) is 7.05 Å². The maximum absolute atomic E-state index is 13.9. The minimum atomic E-state index is -1.51. The quantitative estimate of drug-likeness (QED) is 0.836. The molecule has 0 bridgehead atoms. The Labute approximate surface area is 115 Å². The molecule has 21 heavy (non-hydrogen) atoms. The maximum atomic E-state index is 13.9. The second kappa shape index (κ2) is 4.11. The SMILES string of the molecule is CN1C(=O)Cc2c(F)c(F)cc3c(=O)c(C(=O)O)cn1c23. The number of nitrogens with zero attached hydrogens (tertiary/aromatic N) is 2. The first-order chi connectivity index (χ1) is 9.82. The van der Waals surface area contributed by atoms with Gasteiger partial charge in [0.05, 0.1) is 17.3 Å². The van der Waals surface area contributed by atoms with Gasteiger partial charge in [0.2, 0.25) is 11.3 Å². The molecule has 0 saturated heterocycles. The molecule has 0 fully saturated rings. The Morgan fingerprint density at radius 2 is 2.00 bits per heavy atom. The molecule has 2 heterocycles. The van der Waals surface area contributed by atoms with Crippen molar-refractivity contribution in [1.29, 1.82) is 0 Å². The fraction of sp³-hybridized carbons (Fsp3) is 0.154. The number of likely N-dealkylation sites (N-methyl/N-ethyl adjacent to an activating group) is 1. The van der Waals surface area contributed by atoms with Crippen molar-refractivity contribution >= 4 is 22.8 Å². The van der Waals surface area contributed by atoms with Crippen LogP contribution in [0.5, 0.6) is 0 Å². The van der Waals surface area contributed by atoms with Gasteiger partial charge in [-0.2, -0.15) is 0 Å². The second-order valence-electron chi connectivity index (χ2n) is 4.66. The van der Waals surface area contributed by atoms with Gasteiger partial charge in [-0.1, -0.05) is 0 Å². The highest BCUT2D eigenvalue weighted by molar-refractivity contribution is 5.99. The van der Waals surface area contributed by atoms with Gasteiger partial charge < -0.3 is 5.11 Å². The van der Waals surface area contributed by atoms with E-state index in [1.54, 1.807) is 0 Å². The van der Waals surface area contributed by atoms with Crippen LogP contribution < -0.4 is 10.4 Å². The van der Waals surface area contributed by atoms with Crippen molar-refractivity contribution in [3.8, 4) is 0 Å². The molecule has 1 aromatic heterocycles. The summed E-state index contributed by atoms with van der Waals surface area (Å²) >= 11 is 0. The molecule has 0 aliphatic carbocycles. The Kier molecular flexibility index (Phi) is 2.59. The van der Waals surface area contributed by atoms with Crippen LogP contribution >= 0.6 is 0 Å². The first-order valence-corrected chi connectivity index (χ1v) is 5.89. The van der Waals surface area contributed by atoms with E-state index in [2.05, 4.69) is 0 Å². The number of carbonyl (C=O) groups is 2. The first kappa shape index (κ1) is 13.2. The zero-order valence-corrected chi connectivity index (χ0v) is 10.7. The number of halogens is 2. The summed E-state index contributed by atoms with van der Waals surface area (Å²) in [6.45, 7) is 0. The number of amides is 1. The fourth-order valence-corrected chi connectivity index (χ4v) is 2.43. The minimum absolute atomic E-state index is 0.00556. The summed E-state index contributed by atoms with van der Waals surface area (Å²) in [7, 11) is 1.35. The van der Waals surface area contributed by atoms with Crippen LogP contribution in [0.2, 0.25) is 0 Å². The van der Waals surface area contributed by atoms with Crippen molar-refractivity contribution in [2.45, 2.75) is 6.42 Å².